The number of hydrogen-bond donors (Lipinski definition) is 2. The summed E-state index contributed by atoms with van der Waals surface area (Å²) >= 11 is 0. The summed E-state index contributed by atoms with van der Waals surface area (Å²) in [6, 6.07) is 5.49. The van der Waals surface area contributed by atoms with E-state index in [-0.39, 0.29) is 5.69 Å². The quantitative estimate of drug-likeness (QED) is 0.876. The third-order valence-electron chi connectivity index (χ3n) is 2.48. The van der Waals surface area contributed by atoms with Crippen LogP contribution in [0.3, 0.4) is 0 Å². The zero-order valence-corrected chi connectivity index (χ0v) is 9.71. The molecule has 2 N–H and O–H groups in total. The van der Waals surface area contributed by atoms with Crippen LogP contribution < -0.4 is 10.1 Å². The number of carboxylic acids is 1. The lowest BCUT2D eigenvalue weighted by atomic mass is 10.0. The fourth-order valence-corrected chi connectivity index (χ4v) is 1.21. The Labute approximate surface area is 101 Å². The number of alkyl halides is 3. The molecule has 0 fully saturated rings. The maximum absolute atomic E-state index is 12.7. The molecule has 1 unspecified atom stereocenters. The molecule has 0 saturated heterocycles. The highest BCUT2D eigenvalue weighted by Crippen LogP contribution is 2.33. The zero-order valence-electron chi connectivity index (χ0n) is 9.71. The molecule has 0 aliphatic rings. The fraction of sp³-hybridized carbons (Fsp3) is 0.364. The second-order valence-corrected chi connectivity index (χ2v) is 3.78. The van der Waals surface area contributed by atoms with Crippen molar-refractivity contribution < 1.29 is 27.8 Å². The molecular formula is C11H12F3NO3. The van der Waals surface area contributed by atoms with E-state index in [2.05, 4.69) is 0 Å². The standard InChI is InChI=1S/C11H12F3NO3/c1-10(9(16)17,11(12,13)14)15-7-3-5-8(18-2)6-4-7/h3-6,15H,1-2H3,(H,16,17). The molecule has 1 aromatic rings. The molecule has 18 heavy (non-hydrogen) atoms. The molecule has 1 atom stereocenters. The number of hydrogen-bond acceptors (Lipinski definition) is 3. The van der Waals surface area contributed by atoms with Gasteiger partial charge in [-0.15, -0.1) is 0 Å². The van der Waals surface area contributed by atoms with Crippen molar-refractivity contribution in [3.8, 4) is 5.75 Å². The molecule has 4 nitrogen and oxygen atoms in total. The van der Waals surface area contributed by atoms with E-state index < -0.39 is 17.7 Å². The van der Waals surface area contributed by atoms with Gasteiger partial charge in [-0.1, -0.05) is 0 Å². The van der Waals surface area contributed by atoms with Crippen molar-refractivity contribution in [2.24, 2.45) is 0 Å². The van der Waals surface area contributed by atoms with Gasteiger partial charge in [0.2, 0.25) is 5.54 Å². The number of rotatable bonds is 4. The van der Waals surface area contributed by atoms with Gasteiger partial charge in [0.1, 0.15) is 5.75 Å². The van der Waals surface area contributed by atoms with Crippen LogP contribution in [0.25, 0.3) is 0 Å². The van der Waals surface area contributed by atoms with E-state index in [9.17, 15) is 18.0 Å². The first kappa shape index (κ1) is 14.1. The molecule has 0 aliphatic heterocycles. The molecule has 7 heteroatoms. The third-order valence-corrected chi connectivity index (χ3v) is 2.48. The van der Waals surface area contributed by atoms with E-state index in [1.54, 1.807) is 0 Å². The predicted molar refractivity (Wildman–Crippen MR) is 58.7 cm³/mol. The van der Waals surface area contributed by atoms with Crippen LogP contribution in [0, 0.1) is 0 Å². The van der Waals surface area contributed by atoms with Crippen molar-refractivity contribution in [2.45, 2.75) is 18.6 Å². The second-order valence-electron chi connectivity index (χ2n) is 3.78. The SMILES string of the molecule is COc1ccc(NC(C)(C(=O)O)C(F)(F)F)cc1. The lowest BCUT2D eigenvalue weighted by Crippen LogP contribution is -2.55. The second kappa shape index (κ2) is 4.75. The first-order chi connectivity index (χ1) is 8.20. The first-order valence-corrected chi connectivity index (χ1v) is 4.93. The van der Waals surface area contributed by atoms with Gasteiger partial charge in [0.05, 0.1) is 7.11 Å². The molecule has 0 aromatic heterocycles. The number of benzene rings is 1. The number of anilines is 1. The zero-order chi connectivity index (χ0) is 14.0. The van der Waals surface area contributed by atoms with E-state index in [1.807, 2.05) is 5.32 Å². The highest BCUT2D eigenvalue weighted by Gasteiger charge is 2.57. The van der Waals surface area contributed by atoms with Gasteiger partial charge in [-0.2, -0.15) is 13.2 Å². The van der Waals surface area contributed by atoms with Crippen LogP contribution in [0.4, 0.5) is 18.9 Å². The van der Waals surface area contributed by atoms with Gasteiger partial charge < -0.3 is 15.2 Å². The van der Waals surface area contributed by atoms with Gasteiger partial charge in [-0.25, -0.2) is 4.79 Å². The van der Waals surface area contributed by atoms with Crippen LogP contribution in [-0.4, -0.2) is 29.9 Å². The number of halogens is 3. The van der Waals surface area contributed by atoms with Gasteiger partial charge in [-0.05, 0) is 31.2 Å². The highest BCUT2D eigenvalue weighted by molar-refractivity contribution is 5.83. The van der Waals surface area contributed by atoms with Crippen LogP contribution in [0.2, 0.25) is 0 Å². The molecule has 0 saturated carbocycles. The van der Waals surface area contributed by atoms with Crippen molar-refractivity contribution in [3.05, 3.63) is 24.3 Å². The van der Waals surface area contributed by atoms with Crippen molar-refractivity contribution in [1.82, 2.24) is 0 Å². The Balaban J connectivity index is 3.01. The molecule has 0 amide bonds. The average molecular weight is 263 g/mol. The van der Waals surface area contributed by atoms with Crippen LogP contribution in [0.15, 0.2) is 24.3 Å². The van der Waals surface area contributed by atoms with Gasteiger partial charge in [0, 0.05) is 5.69 Å². The molecule has 0 aliphatic carbocycles. The molecular weight excluding hydrogens is 251 g/mol. The smallest absolute Gasteiger partial charge is 0.422 e. The van der Waals surface area contributed by atoms with E-state index >= 15 is 0 Å². The molecule has 1 aromatic carbocycles. The van der Waals surface area contributed by atoms with Crippen molar-refractivity contribution >= 4 is 11.7 Å². The Bertz CT molecular complexity index is 430. The first-order valence-electron chi connectivity index (χ1n) is 4.93. The largest absolute Gasteiger partial charge is 0.497 e. The lowest BCUT2D eigenvalue weighted by molar-refractivity contribution is -0.192. The Morgan fingerprint density at radius 2 is 1.78 bits per heavy atom. The van der Waals surface area contributed by atoms with E-state index in [4.69, 9.17) is 9.84 Å². The minimum absolute atomic E-state index is 0.0398. The summed E-state index contributed by atoms with van der Waals surface area (Å²) in [7, 11) is 1.42. The molecule has 0 heterocycles. The Kier molecular flexibility index (Phi) is 3.73. The molecule has 0 spiro atoms. The third kappa shape index (κ3) is 2.66. The summed E-state index contributed by atoms with van der Waals surface area (Å²) < 4.78 is 43.0. The van der Waals surface area contributed by atoms with E-state index in [1.165, 1.54) is 31.4 Å². The van der Waals surface area contributed by atoms with Crippen molar-refractivity contribution in [1.29, 1.82) is 0 Å². The topological polar surface area (TPSA) is 58.6 Å². The van der Waals surface area contributed by atoms with Gasteiger partial charge >= 0.3 is 12.1 Å². The molecule has 1 rings (SSSR count). The number of carbonyl (C=O) groups is 1. The fourth-order valence-electron chi connectivity index (χ4n) is 1.21. The van der Waals surface area contributed by atoms with E-state index in [0.717, 1.165) is 0 Å². The van der Waals surface area contributed by atoms with Crippen LogP contribution in [0.5, 0.6) is 5.75 Å². The van der Waals surface area contributed by atoms with Crippen molar-refractivity contribution in [2.75, 3.05) is 12.4 Å². The summed E-state index contributed by atoms with van der Waals surface area (Å²) in [5.41, 5.74) is -3.00. The summed E-state index contributed by atoms with van der Waals surface area (Å²) in [4.78, 5) is 10.8. The number of carboxylic acid groups (broad SMARTS) is 1. The Morgan fingerprint density at radius 3 is 2.11 bits per heavy atom. The van der Waals surface area contributed by atoms with E-state index in [0.29, 0.717) is 12.7 Å². The van der Waals surface area contributed by atoms with Crippen LogP contribution >= 0.6 is 0 Å². The Morgan fingerprint density at radius 1 is 1.28 bits per heavy atom. The maximum atomic E-state index is 12.7. The monoisotopic (exact) mass is 263 g/mol. The average Bonchev–Trinajstić information content (AvgIpc) is 2.28. The summed E-state index contributed by atoms with van der Waals surface area (Å²) in [6.45, 7) is 0.569. The Hall–Kier alpha value is -1.92. The lowest BCUT2D eigenvalue weighted by Gasteiger charge is -2.29. The number of methoxy groups -OCH3 is 1. The van der Waals surface area contributed by atoms with Gasteiger partial charge in [0.15, 0.2) is 0 Å². The van der Waals surface area contributed by atoms with Gasteiger partial charge in [0.25, 0.3) is 0 Å². The summed E-state index contributed by atoms with van der Waals surface area (Å²) in [6.07, 6.45) is -4.92. The highest BCUT2D eigenvalue weighted by atomic mass is 19.4. The normalized spacial score (nSPS) is 14.7. The molecule has 0 radical (unpaired) electrons. The van der Waals surface area contributed by atoms with Gasteiger partial charge in [-0.3, -0.25) is 0 Å². The van der Waals surface area contributed by atoms with Crippen molar-refractivity contribution in [3.63, 3.8) is 0 Å². The molecule has 0 bridgehead atoms. The maximum Gasteiger partial charge on any atom is 0.422 e. The number of aliphatic carboxylic acids is 1. The van der Waals surface area contributed by atoms with Crippen LogP contribution in [0.1, 0.15) is 6.92 Å². The minimum Gasteiger partial charge on any atom is -0.497 e. The predicted octanol–water partition coefficient (Wildman–Crippen LogP) is 2.51. The number of nitrogens with one attached hydrogen (secondary N) is 1. The number of ether oxygens (including phenoxy) is 1. The summed E-state index contributed by atoms with van der Waals surface area (Å²) in [5.74, 6) is -1.53. The summed E-state index contributed by atoms with van der Waals surface area (Å²) in [5, 5.41) is 10.7. The molecule has 100 valence electrons. The minimum atomic E-state index is -4.92. The van der Waals surface area contributed by atoms with Crippen LogP contribution in [-0.2, 0) is 4.79 Å².